The van der Waals surface area contributed by atoms with Crippen molar-refractivity contribution in [1.82, 2.24) is 0 Å². The second-order valence-corrected chi connectivity index (χ2v) is 33.5. The molecule has 0 saturated carbocycles. The summed E-state index contributed by atoms with van der Waals surface area (Å²) in [5, 5.41) is 10.6. The lowest BCUT2D eigenvalue weighted by atomic mass is 9.99. The molecule has 0 fully saturated rings. The van der Waals surface area contributed by atoms with E-state index in [0.717, 1.165) is 120 Å². The number of carbonyl (C=O) groups excluding carboxylic acids is 4. The van der Waals surface area contributed by atoms with E-state index in [0.29, 0.717) is 25.7 Å². The fraction of sp³-hybridized carbons (Fsp3) is 0.951. The molecular weight excluding hydrogens is 1310 g/mol. The molecule has 0 aromatic carbocycles. The van der Waals surface area contributed by atoms with Crippen molar-refractivity contribution in [2.45, 2.75) is 433 Å². The van der Waals surface area contributed by atoms with Gasteiger partial charge >= 0.3 is 39.5 Å². The molecule has 0 amide bonds. The molecule has 17 nitrogen and oxygen atoms in total. The van der Waals surface area contributed by atoms with E-state index in [1.807, 2.05) is 0 Å². The lowest BCUT2D eigenvalue weighted by Crippen LogP contribution is -2.30. The number of hydrogen-bond acceptors (Lipinski definition) is 15. The summed E-state index contributed by atoms with van der Waals surface area (Å²) in [5.41, 5.74) is 0. The second-order valence-electron chi connectivity index (χ2n) is 30.6. The van der Waals surface area contributed by atoms with Crippen molar-refractivity contribution in [3.63, 3.8) is 0 Å². The Labute approximate surface area is 613 Å². The summed E-state index contributed by atoms with van der Waals surface area (Å²) in [7, 11) is -9.92. The van der Waals surface area contributed by atoms with E-state index in [2.05, 4.69) is 55.4 Å². The van der Waals surface area contributed by atoms with Gasteiger partial charge in [0, 0.05) is 25.7 Å². The quantitative estimate of drug-likeness (QED) is 0.0222. The van der Waals surface area contributed by atoms with Gasteiger partial charge in [-0.2, -0.15) is 0 Å². The molecule has 0 rings (SSSR count). The highest BCUT2D eigenvalue weighted by molar-refractivity contribution is 7.47. The number of unbranched alkanes of at least 4 members (excludes halogenated alkanes) is 42. The standard InChI is InChI=1S/C81H158O17P2/c1-9-73(7)59-51-43-35-29-23-19-15-13-11-12-14-16-20-25-31-37-47-55-63-80(85)98-77(68-92-79(84)62-54-46-40-39-44-52-60-74(8)10-2)70-96-100(89,90)94-66-75(82)65-93-99(87,88)95-69-76(97-81(86)64-56-48-38-32-26-28-34-42-50-58-72(5)6)67-91-78(83)61-53-45-36-30-24-21-17-18-22-27-33-41-49-57-71(3)4/h71-77,82H,9-70H2,1-8H3,(H,87,88)(H,89,90)/t73?,74?,75-,76-,77-/m1/s1. The van der Waals surface area contributed by atoms with Crippen LogP contribution in [0.2, 0.25) is 0 Å². The first-order chi connectivity index (χ1) is 48.2. The summed E-state index contributed by atoms with van der Waals surface area (Å²) in [6.07, 6.45) is 57.0. The number of phosphoric ester groups is 2. The van der Waals surface area contributed by atoms with Gasteiger partial charge in [-0.15, -0.1) is 0 Å². The van der Waals surface area contributed by atoms with Crippen molar-refractivity contribution in [3.8, 4) is 0 Å². The van der Waals surface area contributed by atoms with Crippen LogP contribution in [0.1, 0.15) is 415 Å². The maximum Gasteiger partial charge on any atom is 0.472 e. The molecule has 0 aliphatic rings. The molecule has 4 unspecified atom stereocenters. The minimum absolute atomic E-state index is 0.105. The minimum Gasteiger partial charge on any atom is -0.462 e. The molecule has 0 aromatic heterocycles. The van der Waals surface area contributed by atoms with Gasteiger partial charge in [0.15, 0.2) is 12.2 Å². The Kier molecular flexibility index (Phi) is 68.7. The SMILES string of the molecule is CCC(C)CCCCCCCCCCCCCCCCCCCCC(=O)O[C@H](COC(=O)CCCCCCCCC(C)CC)COP(=O)(O)OC[C@H](O)COP(=O)(O)OC[C@@H](COC(=O)CCCCCCCCCCCCCCCC(C)C)OC(=O)CCCCCCCCCCCC(C)C. The van der Waals surface area contributed by atoms with Gasteiger partial charge in [0.05, 0.1) is 26.4 Å². The van der Waals surface area contributed by atoms with Crippen LogP contribution >= 0.6 is 15.6 Å². The largest absolute Gasteiger partial charge is 0.472 e. The Balaban J connectivity index is 5.18. The van der Waals surface area contributed by atoms with Gasteiger partial charge in [-0.05, 0) is 49.4 Å². The summed E-state index contributed by atoms with van der Waals surface area (Å²) in [6.45, 7) is 14.3. The zero-order valence-corrected chi connectivity index (χ0v) is 67.6. The van der Waals surface area contributed by atoms with Crippen molar-refractivity contribution in [1.29, 1.82) is 0 Å². The van der Waals surface area contributed by atoms with Gasteiger partial charge < -0.3 is 33.8 Å². The van der Waals surface area contributed by atoms with E-state index < -0.39 is 97.5 Å². The molecule has 0 radical (unpaired) electrons. The summed E-state index contributed by atoms with van der Waals surface area (Å²) < 4.78 is 68.7. The molecule has 0 spiro atoms. The number of esters is 4. The van der Waals surface area contributed by atoms with Crippen LogP contribution < -0.4 is 0 Å². The van der Waals surface area contributed by atoms with E-state index in [1.54, 1.807) is 0 Å². The third kappa shape index (κ3) is 71.7. The third-order valence-electron chi connectivity index (χ3n) is 19.5. The third-order valence-corrected chi connectivity index (χ3v) is 21.4. The molecule has 0 bridgehead atoms. The summed E-state index contributed by atoms with van der Waals surface area (Å²) in [6, 6.07) is 0. The van der Waals surface area contributed by atoms with Crippen molar-refractivity contribution < 1.29 is 80.2 Å². The van der Waals surface area contributed by atoms with Crippen LogP contribution in [0.25, 0.3) is 0 Å². The molecule has 0 saturated heterocycles. The van der Waals surface area contributed by atoms with Crippen LogP contribution in [0.5, 0.6) is 0 Å². The number of aliphatic hydroxyl groups is 1. The number of ether oxygens (including phenoxy) is 4. The Bertz CT molecular complexity index is 1960. The van der Waals surface area contributed by atoms with Crippen molar-refractivity contribution in [2.24, 2.45) is 23.7 Å². The molecule has 0 aliphatic carbocycles. The van der Waals surface area contributed by atoms with Gasteiger partial charge in [-0.3, -0.25) is 37.3 Å². The van der Waals surface area contributed by atoms with Crippen LogP contribution in [-0.4, -0.2) is 96.7 Å². The lowest BCUT2D eigenvalue weighted by Gasteiger charge is -2.21. The first kappa shape index (κ1) is 98.1. The maximum atomic E-state index is 13.1. The predicted octanol–water partition coefficient (Wildman–Crippen LogP) is 24.0. The van der Waals surface area contributed by atoms with Gasteiger partial charge in [-0.25, -0.2) is 9.13 Å². The van der Waals surface area contributed by atoms with Crippen LogP contribution in [0, 0.1) is 23.7 Å². The summed E-state index contributed by atoms with van der Waals surface area (Å²) in [4.78, 5) is 73.0. The molecule has 0 heterocycles. The molecule has 3 N–H and O–H groups in total. The van der Waals surface area contributed by atoms with Crippen molar-refractivity contribution >= 4 is 39.5 Å². The lowest BCUT2D eigenvalue weighted by molar-refractivity contribution is -0.161. The molecule has 19 heteroatoms. The second kappa shape index (κ2) is 70.1. The minimum atomic E-state index is -4.96. The first-order valence-electron chi connectivity index (χ1n) is 41.8. The van der Waals surface area contributed by atoms with Gasteiger partial charge in [0.2, 0.25) is 0 Å². The van der Waals surface area contributed by atoms with E-state index >= 15 is 0 Å². The molecule has 0 aliphatic heterocycles. The van der Waals surface area contributed by atoms with Crippen LogP contribution in [0.4, 0.5) is 0 Å². The number of carbonyl (C=O) groups is 4. The fourth-order valence-corrected chi connectivity index (χ4v) is 13.9. The van der Waals surface area contributed by atoms with Crippen molar-refractivity contribution in [2.75, 3.05) is 39.6 Å². The maximum absolute atomic E-state index is 13.1. The highest BCUT2D eigenvalue weighted by atomic mass is 31.2. The summed E-state index contributed by atoms with van der Waals surface area (Å²) in [5.74, 6) is 1.01. The number of phosphoric acid groups is 2. The average Bonchev–Trinajstić information content (AvgIpc) is 1.00. The molecular formula is C81H158O17P2. The summed E-state index contributed by atoms with van der Waals surface area (Å²) >= 11 is 0. The molecule has 594 valence electrons. The normalized spacial score (nSPS) is 14.6. The van der Waals surface area contributed by atoms with E-state index in [9.17, 15) is 43.2 Å². The monoisotopic (exact) mass is 1470 g/mol. The number of aliphatic hydroxyl groups excluding tert-OH is 1. The van der Waals surface area contributed by atoms with E-state index in [1.165, 1.54) is 212 Å². The van der Waals surface area contributed by atoms with E-state index in [4.69, 9.17) is 37.0 Å². The van der Waals surface area contributed by atoms with Crippen molar-refractivity contribution in [3.05, 3.63) is 0 Å². The smallest absolute Gasteiger partial charge is 0.462 e. The average molecular weight is 1470 g/mol. The number of rotatable bonds is 78. The Morgan fingerprint density at radius 2 is 0.480 bits per heavy atom. The van der Waals surface area contributed by atoms with Crippen LogP contribution in [0.15, 0.2) is 0 Å². The van der Waals surface area contributed by atoms with Crippen LogP contribution in [0.3, 0.4) is 0 Å². The zero-order valence-electron chi connectivity index (χ0n) is 65.8. The fourth-order valence-electron chi connectivity index (χ4n) is 12.4. The van der Waals surface area contributed by atoms with Crippen LogP contribution in [-0.2, 0) is 65.4 Å². The zero-order chi connectivity index (χ0) is 73.8. The van der Waals surface area contributed by atoms with Gasteiger partial charge in [0.1, 0.15) is 19.3 Å². The van der Waals surface area contributed by atoms with Gasteiger partial charge in [0.25, 0.3) is 0 Å². The molecule has 7 atom stereocenters. The Hall–Kier alpha value is -1.94. The first-order valence-corrected chi connectivity index (χ1v) is 44.8. The molecule has 0 aromatic rings. The molecule has 100 heavy (non-hydrogen) atoms. The number of hydrogen-bond donors (Lipinski definition) is 3. The Morgan fingerprint density at radius 1 is 0.280 bits per heavy atom. The predicted molar refractivity (Wildman–Crippen MR) is 409 cm³/mol. The topological polar surface area (TPSA) is 237 Å². The van der Waals surface area contributed by atoms with E-state index in [-0.39, 0.29) is 25.7 Å². The Morgan fingerprint density at radius 3 is 0.710 bits per heavy atom. The highest BCUT2D eigenvalue weighted by Crippen LogP contribution is 2.45. The van der Waals surface area contributed by atoms with Gasteiger partial charge in [-0.1, -0.05) is 364 Å². The highest BCUT2D eigenvalue weighted by Gasteiger charge is 2.30.